The maximum Gasteiger partial charge on any atom is 0.262 e. The van der Waals surface area contributed by atoms with Gasteiger partial charge in [0, 0.05) is 4.47 Å². The zero-order chi connectivity index (χ0) is 20.3. The highest BCUT2D eigenvalue weighted by Crippen LogP contribution is 2.25. The Hall–Kier alpha value is -2.32. The second-order valence-corrected chi connectivity index (χ2v) is 8.94. The fraction of sp³-hybridized carbons (Fsp3) is 0.250. The quantitative estimate of drug-likeness (QED) is 0.559. The highest BCUT2D eigenvalue weighted by molar-refractivity contribution is 9.10. The van der Waals surface area contributed by atoms with E-state index in [1.54, 1.807) is 23.7 Å². The van der Waals surface area contributed by atoms with E-state index in [1.807, 2.05) is 38.1 Å². The van der Waals surface area contributed by atoms with Gasteiger partial charge in [-0.2, -0.15) is 5.10 Å². The SMILES string of the molecule is CCOc1ccc(S(=O)(=O)Nc2c(C)nn(Cc3ccc(Br)cc3)c2C)cc1. The molecule has 0 atom stereocenters. The lowest BCUT2D eigenvalue weighted by molar-refractivity contribution is 0.340. The van der Waals surface area contributed by atoms with Crippen LogP contribution in [0, 0.1) is 13.8 Å². The Kier molecular flexibility index (Phi) is 6.10. The van der Waals surface area contributed by atoms with Crippen molar-refractivity contribution >= 4 is 31.6 Å². The van der Waals surface area contributed by atoms with Gasteiger partial charge in [-0.05, 0) is 62.7 Å². The number of rotatable bonds is 7. The number of sulfonamides is 1. The van der Waals surface area contributed by atoms with Gasteiger partial charge in [-0.1, -0.05) is 28.1 Å². The van der Waals surface area contributed by atoms with Crippen LogP contribution in [0.25, 0.3) is 0 Å². The number of benzene rings is 2. The molecule has 28 heavy (non-hydrogen) atoms. The van der Waals surface area contributed by atoms with Crippen LogP contribution in [0.3, 0.4) is 0 Å². The van der Waals surface area contributed by atoms with Crippen molar-refractivity contribution in [2.45, 2.75) is 32.2 Å². The van der Waals surface area contributed by atoms with Crippen molar-refractivity contribution in [3.63, 3.8) is 0 Å². The fourth-order valence-corrected chi connectivity index (χ4v) is 4.28. The smallest absolute Gasteiger partial charge is 0.262 e. The summed E-state index contributed by atoms with van der Waals surface area (Å²) in [7, 11) is -3.72. The second kappa shape index (κ2) is 8.36. The summed E-state index contributed by atoms with van der Waals surface area (Å²) >= 11 is 3.42. The molecule has 2 aromatic carbocycles. The molecule has 0 amide bonds. The van der Waals surface area contributed by atoms with Gasteiger partial charge < -0.3 is 4.74 Å². The average Bonchev–Trinajstić information content (AvgIpc) is 2.91. The normalized spacial score (nSPS) is 11.4. The summed E-state index contributed by atoms with van der Waals surface area (Å²) < 4.78 is 36.4. The van der Waals surface area contributed by atoms with Gasteiger partial charge in [-0.25, -0.2) is 8.42 Å². The van der Waals surface area contributed by atoms with Crippen LogP contribution in [0.5, 0.6) is 5.75 Å². The molecule has 0 aliphatic heterocycles. The number of halogens is 1. The Bertz CT molecular complexity index is 1060. The first-order valence-corrected chi connectivity index (χ1v) is 11.1. The Balaban J connectivity index is 1.83. The summed E-state index contributed by atoms with van der Waals surface area (Å²) in [5.41, 5.74) is 2.97. The number of hydrogen-bond acceptors (Lipinski definition) is 4. The van der Waals surface area contributed by atoms with Crippen LogP contribution in [-0.4, -0.2) is 24.8 Å². The molecule has 0 unspecified atom stereocenters. The summed E-state index contributed by atoms with van der Waals surface area (Å²) in [6.07, 6.45) is 0. The van der Waals surface area contributed by atoms with Crippen LogP contribution in [0.2, 0.25) is 0 Å². The number of nitrogens with one attached hydrogen (secondary N) is 1. The third kappa shape index (κ3) is 4.56. The second-order valence-electron chi connectivity index (χ2n) is 6.34. The number of nitrogens with zero attached hydrogens (tertiary/aromatic N) is 2. The summed E-state index contributed by atoms with van der Waals surface area (Å²) in [6, 6.07) is 14.3. The highest BCUT2D eigenvalue weighted by Gasteiger charge is 2.20. The van der Waals surface area contributed by atoms with E-state index in [1.165, 1.54) is 12.1 Å². The Morgan fingerprint density at radius 2 is 1.71 bits per heavy atom. The lowest BCUT2D eigenvalue weighted by atomic mass is 10.2. The minimum atomic E-state index is -3.72. The molecule has 0 saturated carbocycles. The van der Waals surface area contributed by atoms with Gasteiger partial charge in [0.25, 0.3) is 10.0 Å². The van der Waals surface area contributed by atoms with Crippen LogP contribution in [0.15, 0.2) is 57.9 Å². The molecule has 6 nitrogen and oxygen atoms in total. The predicted molar refractivity (Wildman–Crippen MR) is 113 cm³/mol. The molecule has 148 valence electrons. The molecular weight excluding hydrogens is 442 g/mol. The molecule has 1 aromatic heterocycles. The molecule has 3 aromatic rings. The number of aryl methyl sites for hydroxylation is 1. The first kappa shape index (κ1) is 20.4. The summed E-state index contributed by atoms with van der Waals surface area (Å²) in [5.74, 6) is 0.635. The zero-order valence-corrected chi connectivity index (χ0v) is 18.3. The van der Waals surface area contributed by atoms with Crippen molar-refractivity contribution in [2.24, 2.45) is 0 Å². The van der Waals surface area contributed by atoms with Gasteiger partial charge in [-0.3, -0.25) is 9.40 Å². The molecule has 0 bridgehead atoms. The van der Waals surface area contributed by atoms with Gasteiger partial charge in [0.1, 0.15) is 5.75 Å². The van der Waals surface area contributed by atoms with Gasteiger partial charge in [-0.15, -0.1) is 0 Å². The number of ether oxygens (including phenoxy) is 1. The molecule has 0 aliphatic carbocycles. The molecule has 3 rings (SSSR count). The molecule has 0 fully saturated rings. The van der Waals surface area contributed by atoms with Gasteiger partial charge >= 0.3 is 0 Å². The maximum atomic E-state index is 12.8. The van der Waals surface area contributed by atoms with Gasteiger partial charge in [0.05, 0.1) is 35.1 Å². The lowest BCUT2D eigenvalue weighted by Gasteiger charge is -2.10. The molecule has 0 radical (unpaired) electrons. The molecule has 0 spiro atoms. The van der Waals surface area contributed by atoms with E-state index in [2.05, 4.69) is 25.8 Å². The van der Waals surface area contributed by atoms with Crippen molar-refractivity contribution in [2.75, 3.05) is 11.3 Å². The van der Waals surface area contributed by atoms with E-state index in [-0.39, 0.29) is 4.90 Å². The van der Waals surface area contributed by atoms with E-state index < -0.39 is 10.0 Å². The van der Waals surface area contributed by atoms with Crippen LogP contribution in [-0.2, 0) is 16.6 Å². The van der Waals surface area contributed by atoms with E-state index in [0.717, 1.165) is 15.7 Å². The van der Waals surface area contributed by atoms with Crippen molar-refractivity contribution in [3.8, 4) is 5.75 Å². The highest BCUT2D eigenvalue weighted by atomic mass is 79.9. The summed E-state index contributed by atoms with van der Waals surface area (Å²) in [5, 5.41) is 4.50. The van der Waals surface area contributed by atoms with Crippen molar-refractivity contribution in [3.05, 3.63) is 70.0 Å². The topological polar surface area (TPSA) is 73.2 Å². The Morgan fingerprint density at radius 3 is 2.32 bits per heavy atom. The van der Waals surface area contributed by atoms with Crippen LogP contribution >= 0.6 is 15.9 Å². The van der Waals surface area contributed by atoms with Crippen LogP contribution in [0.4, 0.5) is 5.69 Å². The third-order valence-electron chi connectivity index (χ3n) is 4.31. The minimum absolute atomic E-state index is 0.176. The number of hydrogen-bond donors (Lipinski definition) is 1. The average molecular weight is 464 g/mol. The van der Waals surface area contributed by atoms with E-state index in [9.17, 15) is 8.42 Å². The predicted octanol–water partition coefficient (Wildman–Crippen LogP) is 4.51. The summed E-state index contributed by atoms with van der Waals surface area (Å²) in [4.78, 5) is 0.176. The Morgan fingerprint density at radius 1 is 1.07 bits per heavy atom. The van der Waals surface area contributed by atoms with Crippen LogP contribution < -0.4 is 9.46 Å². The van der Waals surface area contributed by atoms with Crippen molar-refractivity contribution in [1.82, 2.24) is 9.78 Å². The first-order chi connectivity index (χ1) is 13.3. The molecular formula is C20H22BrN3O3S. The third-order valence-corrected chi connectivity index (χ3v) is 6.20. The van der Waals surface area contributed by atoms with Crippen molar-refractivity contribution in [1.29, 1.82) is 0 Å². The minimum Gasteiger partial charge on any atom is -0.494 e. The maximum absolute atomic E-state index is 12.8. The Labute approximate surface area is 173 Å². The van der Waals surface area contributed by atoms with Gasteiger partial charge in [0.15, 0.2) is 0 Å². The van der Waals surface area contributed by atoms with E-state index in [4.69, 9.17) is 4.74 Å². The molecule has 1 heterocycles. The first-order valence-electron chi connectivity index (χ1n) is 8.84. The lowest BCUT2D eigenvalue weighted by Crippen LogP contribution is -2.14. The largest absolute Gasteiger partial charge is 0.494 e. The molecule has 8 heteroatoms. The van der Waals surface area contributed by atoms with E-state index in [0.29, 0.717) is 30.3 Å². The fourth-order valence-electron chi connectivity index (χ4n) is 2.84. The standard InChI is InChI=1S/C20H22BrN3O3S/c1-4-27-18-9-11-19(12-10-18)28(25,26)23-20-14(2)22-24(15(20)3)13-16-5-7-17(21)8-6-16/h5-12,23H,4,13H2,1-3H3. The summed E-state index contributed by atoms with van der Waals surface area (Å²) in [6.45, 7) is 6.62. The number of aromatic nitrogens is 2. The molecule has 0 aliphatic rings. The zero-order valence-electron chi connectivity index (χ0n) is 15.9. The van der Waals surface area contributed by atoms with E-state index >= 15 is 0 Å². The number of anilines is 1. The molecule has 1 N–H and O–H groups in total. The monoisotopic (exact) mass is 463 g/mol. The van der Waals surface area contributed by atoms with Crippen molar-refractivity contribution < 1.29 is 13.2 Å². The van der Waals surface area contributed by atoms with Crippen LogP contribution in [0.1, 0.15) is 23.9 Å². The van der Waals surface area contributed by atoms with Gasteiger partial charge in [0.2, 0.25) is 0 Å². The molecule has 0 saturated heterocycles.